The van der Waals surface area contributed by atoms with Crippen LogP contribution in [-0.2, 0) is 6.54 Å². The Morgan fingerprint density at radius 1 is 1.19 bits per heavy atom. The van der Waals surface area contributed by atoms with Crippen LogP contribution in [0.2, 0.25) is 10.0 Å². The molecule has 2 heterocycles. The van der Waals surface area contributed by atoms with Crippen LogP contribution in [0, 0.1) is 13.8 Å². The van der Waals surface area contributed by atoms with Crippen LogP contribution in [0.1, 0.15) is 17.0 Å². The fourth-order valence-electron chi connectivity index (χ4n) is 2.10. The standard InChI is InChI=1S/C14H13Cl2N5/c1-8-6-9(2)21-14(18-8)19-13(20-21)17-7-10-4-3-5-11(15)12(10)16/h3-6H,7H2,1-2H3,(H,17,20). The fraction of sp³-hybridized carbons (Fsp3) is 0.214. The molecule has 0 saturated carbocycles. The third-order valence-electron chi connectivity index (χ3n) is 3.09. The molecule has 1 aromatic carbocycles. The van der Waals surface area contributed by atoms with Crippen LogP contribution < -0.4 is 5.32 Å². The zero-order valence-corrected chi connectivity index (χ0v) is 13.1. The van der Waals surface area contributed by atoms with Crippen molar-refractivity contribution in [3.05, 3.63) is 51.3 Å². The van der Waals surface area contributed by atoms with E-state index in [1.54, 1.807) is 10.6 Å². The van der Waals surface area contributed by atoms with Gasteiger partial charge in [0.05, 0.1) is 10.0 Å². The van der Waals surface area contributed by atoms with Crippen LogP contribution in [0.15, 0.2) is 24.3 Å². The van der Waals surface area contributed by atoms with E-state index in [2.05, 4.69) is 20.4 Å². The molecular formula is C14H13Cl2N5. The molecule has 0 aliphatic carbocycles. The summed E-state index contributed by atoms with van der Waals surface area (Å²) in [5.74, 6) is 1.08. The number of benzene rings is 1. The van der Waals surface area contributed by atoms with E-state index in [0.717, 1.165) is 17.0 Å². The molecule has 3 aromatic rings. The van der Waals surface area contributed by atoms with Gasteiger partial charge in [-0.2, -0.15) is 9.50 Å². The molecule has 0 atom stereocenters. The van der Waals surface area contributed by atoms with Gasteiger partial charge in [-0.05, 0) is 31.5 Å². The summed E-state index contributed by atoms with van der Waals surface area (Å²) in [6.45, 7) is 4.39. The molecule has 0 bridgehead atoms. The molecule has 0 fully saturated rings. The first-order chi connectivity index (χ1) is 10.0. The van der Waals surface area contributed by atoms with Gasteiger partial charge in [-0.3, -0.25) is 0 Å². The predicted octanol–water partition coefficient (Wildman–Crippen LogP) is 3.66. The van der Waals surface area contributed by atoms with Crippen LogP contribution in [0.5, 0.6) is 0 Å². The van der Waals surface area contributed by atoms with Crippen molar-refractivity contribution in [3.63, 3.8) is 0 Å². The minimum Gasteiger partial charge on any atom is -0.349 e. The second kappa shape index (κ2) is 5.50. The van der Waals surface area contributed by atoms with Gasteiger partial charge in [0.25, 0.3) is 5.78 Å². The number of nitrogens with one attached hydrogen (secondary N) is 1. The monoisotopic (exact) mass is 321 g/mol. The summed E-state index contributed by atoms with van der Waals surface area (Å²) in [5, 5.41) is 8.59. The number of hydrogen-bond donors (Lipinski definition) is 1. The Morgan fingerprint density at radius 2 is 2.00 bits per heavy atom. The quantitative estimate of drug-likeness (QED) is 0.799. The van der Waals surface area contributed by atoms with E-state index in [0.29, 0.717) is 28.3 Å². The molecule has 0 unspecified atom stereocenters. The fourth-order valence-corrected chi connectivity index (χ4v) is 2.49. The molecule has 0 saturated heterocycles. The number of aryl methyl sites for hydroxylation is 2. The van der Waals surface area contributed by atoms with Gasteiger partial charge >= 0.3 is 0 Å². The van der Waals surface area contributed by atoms with Crippen LogP contribution in [0.25, 0.3) is 5.78 Å². The van der Waals surface area contributed by atoms with Gasteiger partial charge in [-0.1, -0.05) is 35.3 Å². The van der Waals surface area contributed by atoms with Crippen molar-refractivity contribution >= 4 is 34.9 Å². The van der Waals surface area contributed by atoms with Gasteiger partial charge in [0.15, 0.2) is 0 Å². The number of hydrogen-bond acceptors (Lipinski definition) is 4. The van der Waals surface area contributed by atoms with E-state index >= 15 is 0 Å². The molecule has 2 aromatic heterocycles. The first-order valence-electron chi connectivity index (χ1n) is 6.42. The van der Waals surface area contributed by atoms with E-state index in [4.69, 9.17) is 23.2 Å². The second-order valence-electron chi connectivity index (χ2n) is 4.75. The molecular weight excluding hydrogens is 309 g/mol. The summed E-state index contributed by atoms with van der Waals surface area (Å²) in [6.07, 6.45) is 0. The van der Waals surface area contributed by atoms with E-state index in [1.807, 2.05) is 32.0 Å². The van der Waals surface area contributed by atoms with Crippen molar-refractivity contribution in [1.82, 2.24) is 19.6 Å². The van der Waals surface area contributed by atoms with Crippen molar-refractivity contribution in [1.29, 1.82) is 0 Å². The van der Waals surface area contributed by atoms with Crippen LogP contribution in [0.3, 0.4) is 0 Å². The highest BCUT2D eigenvalue weighted by Crippen LogP contribution is 2.25. The maximum Gasteiger partial charge on any atom is 0.254 e. The highest BCUT2D eigenvalue weighted by Gasteiger charge is 2.09. The van der Waals surface area contributed by atoms with Crippen molar-refractivity contribution in [2.24, 2.45) is 0 Å². The van der Waals surface area contributed by atoms with E-state index in [1.165, 1.54) is 0 Å². The lowest BCUT2D eigenvalue weighted by Crippen LogP contribution is -2.02. The SMILES string of the molecule is Cc1cc(C)n2nc(NCc3cccc(Cl)c3Cl)nc2n1. The smallest absolute Gasteiger partial charge is 0.254 e. The van der Waals surface area contributed by atoms with Crippen molar-refractivity contribution in [3.8, 4) is 0 Å². The Labute approximate surface area is 131 Å². The Hall–Kier alpha value is -1.85. The van der Waals surface area contributed by atoms with Crippen molar-refractivity contribution in [2.75, 3.05) is 5.32 Å². The maximum atomic E-state index is 6.15. The lowest BCUT2D eigenvalue weighted by Gasteiger charge is -2.05. The summed E-state index contributed by atoms with van der Waals surface area (Å²) in [6, 6.07) is 7.48. The zero-order valence-electron chi connectivity index (χ0n) is 11.6. The summed E-state index contributed by atoms with van der Waals surface area (Å²) >= 11 is 12.1. The third kappa shape index (κ3) is 2.80. The number of fused-ring (bicyclic) bond motifs is 1. The number of halogens is 2. The summed E-state index contributed by atoms with van der Waals surface area (Å²) in [4.78, 5) is 8.70. The molecule has 0 aliphatic heterocycles. The largest absolute Gasteiger partial charge is 0.349 e. The van der Waals surface area contributed by atoms with Gasteiger partial charge in [0.1, 0.15) is 0 Å². The average molecular weight is 322 g/mol. The van der Waals surface area contributed by atoms with Gasteiger partial charge in [-0.15, -0.1) is 5.10 Å². The third-order valence-corrected chi connectivity index (χ3v) is 3.94. The van der Waals surface area contributed by atoms with Gasteiger partial charge < -0.3 is 5.32 Å². The Bertz CT molecular complexity index is 812. The minimum atomic E-state index is 0.494. The summed E-state index contributed by atoms with van der Waals surface area (Å²) < 4.78 is 1.70. The summed E-state index contributed by atoms with van der Waals surface area (Å²) in [7, 11) is 0. The first kappa shape index (κ1) is 14.1. The Morgan fingerprint density at radius 3 is 2.81 bits per heavy atom. The average Bonchev–Trinajstić information content (AvgIpc) is 2.83. The number of nitrogens with zero attached hydrogens (tertiary/aromatic N) is 4. The normalized spacial score (nSPS) is 11.0. The molecule has 0 amide bonds. The van der Waals surface area contributed by atoms with Gasteiger partial charge in [0.2, 0.25) is 5.95 Å². The lowest BCUT2D eigenvalue weighted by atomic mass is 10.2. The van der Waals surface area contributed by atoms with Crippen molar-refractivity contribution < 1.29 is 0 Å². The molecule has 3 rings (SSSR count). The summed E-state index contributed by atoms with van der Waals surface area (Å²) in [5.41, 5.74) is 2.79. The molecule has 5 nitrogen and oxygen atoms in total. The van der Waals surface area contributed by atoms with Crippen molar-refractivity contribution in [2.45, 2.75) is 20.4 Å². The molecule has 108 valence electrons. The van der Waals surface area contributed by atoms with Crippen LogP contribution >= 0.6 is 23.2 Å². The Kier molecular flexibility index (Phi) is 3.69. The minimum absolute atomic E-state index is 0.494. The number of anilines is 1. The number of aromatic nitrogens is 4. The molecule has 7 heteroatoms. The molecule has 1 N–H and O–H groups in total. The van der Waals surface area contributed by atoms with E-state index < -0.39 is 0 Å². The molecule has 0 spiro atoms. The maximum absolute atomic E-state index is 6.15. The highest BCUT2D eigenvalue weighted by atomic mass is 35.5. The molecule has 21 heavy (non-hydrogen) atoms. The van der Waals surface area contributed by atoms with Crippen LogP contribution in [-0.4, -0.2) is 19.6 Å². The highest BCUT2D eigenvalue weighted by molar-refractivity contribution is 6.42. The first-order valence-corrected chi connectivity index (χ1v) is 7.18. The zero-order chi connectivity index (χ0) is 15.0. The predicted molar refractivity (Wildman–Crippen MR) is 84.0 cm³/mol. The molecule has 0 aliphatic rings. The van der Waals surface area contributed by atoms with E-state index in [9.17, 15) is 0 Å². The van der Waals surface area contributed by atoms with Crippen LogP contribution in [0.4, 0.5) is 5.95 Å². The number of rotatable bonds is 3. The Balaban J connectivity index is 1.85. The lowest BCUT2D eigenvalue weighted by molar-refractivity contribution is 0.882. The molecule has 0 radical (unpaired) electrons. The van der Waals surface area contributed by atoms with E-state index in [-0.39, 0.29) is 0 Å². The second-order valence-corrected chi connectivity index (χ2v) is 5.54. The van der Waals surface area contributed by atoms with Gasteiger partial charge in [-0.25, -0.2) is 4.98 Å². The topological polar surface area (TPSA) is 55.1 Å². The van der Waals surface area contributed by atoms with Gasteiger partial charge in [0, 0.05) is 17.9 Å².